The topological polar surface area (TPSA) is 94.1 Å². The summed E-state index contributed by atoms with van der Waals surface area (Å²) in [5, 5.41) is 6.66. The van der Waals surface area contributed by atoms with Crippen molar-refractivity contribution in [3.05, 3.63) is 41.2 Å². The standard InChI is InChI=1S/C15H16N4O3/c1-9-11(10(2)22-19-9)5-6-13(20)17-8-14-18-15-12(21-14)4-3-7-16-15/h3-4,7H,5-6,8H2,1-2H3,(H,17,20). The lowest BCUT2D eigenvalue weighted by atomic mass is 10.1. The minimum Gasteiger partial charge on any atom is -0.437 e. The molecule has 114 valence electrons. The van der Waals surface area contributed by atoms with Crippen LogP contribution in [0, 0.1) is 13.8 Å². The van der Waals surface area contributed by atoms with Crippen molar-refractivity contribution in [1.82, 2.24) is 20.4 Å². The third-order valence-corrected chi connectivity index (χ3v) is 3.43. The molecule has 0 radical (unpaired) electrons. The first-order chi connectivity index (χ1) is 10.6. The highest BCUT2D eigenvalue weighted by molar-refractivity contribution is 5.76. The minimum atomic E-state index is -0.0739. The van der Waals surface area contributed by atoms with Gasteiger partial charge in [-0.15, -0.1) is 0 Å². The number of nitrogens with zero attached hydrogens (tertiary/aromatic N) is 3. The third kappa shape index (κ3) is 2.98. The number of aromatic nitrogens is 3. The van der Waals surface area contributed by atoms with Crippen molar-refractivity contribution in [2.45, 2.75) is 33.2 Å². The van der Waals surface area contributed by atoms with Gasteiger partial charge in [0.1, 0.15) is 5.76 Å². The Balaban J connectivity index is 1.54. The van der Waals surface area contributed by atoms with Gasteiger partial charge in [0.05, 0.1) is 12.2 Å². The Morgan fingerprint density at radius 2 is 2.23 bits per heavy atom. The maximum atomic E-state index is 11.9. The Bertz CT molecular complexity index is 754. The number of oxazole rings is 1. The molecule has 0 aliphatic heterocycles. The third-order valence-electron chi connectivity index (χ3n) is 3.43. The molecule has 0 fully saturated rings. The Morgan fingerprint density at radius 3 is 2.95 bits per heavy atom. The summed E-state index contributed by atoms with van der Waals surface area (Å²) in [7, 11) is 0. The quantitative estimate of drug-likeness (QED) is 0.775. The van der Waals surface area contributed by atoms with Gasteiger partial charge in [-0.05, 0) is 32.4 Å². The largest absolute Gasteiger partial charge is 0.437 e. The van der Waals surface area contributed by atoms with E-state index in [0.717, 1.165) is 17.0 Å². The van der Waals surface area contributed by atoms with Gasteiger partial charge >= 0.3 is 0 Å². The monoisotopic (exact) mass is 300 g/mol. The molecule has 22 heavy (non-hydrogen) atoms. The number of hydrogen-bond donors (Lipinski definition) is 1. The van der Waals surface area contributed by atoms with Crippen LogP contribution < -0.4 is 5.32 Å². The predicted octanol–water partition coefficient (Wildman–Crippen LogP) is 2.08. The summed E-state index contributed by atoms with van der Waals surface area (Å²) in [6.07, 6.45) is 2.61. The molecule has 3 aromatic heterocycles. The van der Waals surface area contributed by atoms with E-state index in [1.54, 1.807) is 18.3 Å². The second kappa shape index (κ2) is 5.97. The van der Waals surface area contributed by atoms with Gasteiger partial charge in [0.25, 0.3) is 0 Å². The normalized spacial score (nSPS) is 11.0. The molecular formula is C15H16N4O3. The molecule has 0 spiro atoms. The Morgan fingerprint density at radius 1 is 1.36 bits per heavy atom. The number of fused-ring (bicyclic) bond motifs is 1. The first kappa shape index (κ1) is 14.2. The van der Waals surface area contributed by atoms with Crippen LogP contribution in [-0.2, 0) is 17.8 Å². The van der Waals surface area contributed by atoms with Crippen molar-refractivity contribution in [3.63, 3.8) is 0 Å². The van der Waals surface area contributed by atoms with E-state index in [1.807, 2.05) is 13.8 Å². The van der Waals surface area contributed by atoms with E-state index in [2.05, 4.69) is 20.4 Å². The lowest BCUT2D eigenvalue weighted by Gasteiger charge is -2.02. The van der Waals surface area contributed by atoms with Crippen molar-refractivity contribution < 1.29 is 13.7 Å². The molecule has 1 N–H and O–H groups in total. The molecule has 3 rings (SSSR count). The lowest BCUT2D eigenvalue weighted by Crippen LogP contribution is -2.23. The SMILES string of the molecule is Cc1noc(C)c1CCC(=O)NCc1nc2ncccc2o1. The molecule has 3 heterocycles. The highest BCUT2D eigenvalue weighted by atomic mass is 16.5. The summed E-state index contributed by atoms with van der Waals surface area (Å²) in [4.78, 5) is 20.2. The molecule has 0 saturated carbocycles. The van der Waals surface area contributed by atoms with Crippen LogP contribution in [0.4, 0.5) is 0 Å². The van der Waals surface area contributed by atoms with Crippen molar-refractivity contribution in [3.8, 4) is 0 Å². The summed E-state index contributed by atoms with van der Waals surface area (Å²) >= 11 is 0. The van der Waals surface area contributed by atoms with E-state index in [-0.39, 0.29) is 12.5 Å². The van der Waals surface area contributed by atoms with E-state index in [4.69, 9.17) is 8.94 Å². The van der Waals surface area contributed by atoms with Crippen molar-refractivity contribution >= 4 is 17.1 Å². The van der Waals surface area contributed by atoms with Crippen LogP contribution in [0.5, 0.6) is 0 Å². The molecule has 3 aromatic rings. The Labute approximate surface area is 126 Å². The van der Waals surface area contributed by atoms with Crippen LogP contribution in [-0.4, -0.2) is 21.0 Å². The molecule has 0 aliphatic carbocycles. The molecule has 0 unspecified atom stereocenters. The molecule has 0 aliphatic rings. The van der Waals surface area contributed by atoms with Crippen LogP contribution in [0.3, 0.4) is 0 Å². The first-order valence-electron chi connectivity index (χ1n) is 7.02. The number of amides is 1. The number of hydrogen-bond acceptors (Lipinski definition) is 6. The fourth-order valence-corrected chi connectivity index (χ4v) is 2.25. The molecule has 7 nitrogen and oxygen atoms in total. The molecule has 7 heteroatoms. The number of carbonyl (C=O) groups is 1. The van der Waals surface area contributed by atoms with E-state index >= 15 is 0 Å². The van der Waals surface area contributed by atoms with E-state index in [9.17, 15) is 4.79 Å². The molecule has 0 bridgehead atoms. The summed E-state index contributed by atoms with van der Waals surface area (Å²) in [5.74, 6) is 1.13. The van der Waals surface area contributed by atoms with Gasteiger partial charge in [-0.1, -0.05) is 5.16 Å². The highest BCUT2D eigenvalue weighted by Gasteiger charge is 2.12. The van der Waals surface area contributed by atoms with Gasteiger partial charge < -0.3 is 14.3 Å². The highest BCUT2D eigenvalue weighted by Crippen LogP contribution is 2.14. The molecule has 0 aromatic carbocycles. The fourth-order valence-electron chi connectivity index (χ4n) is 2.25. The molecule has 0 saturated heterocycles. The van der Waals surface area contributed by atoms with E-state index in [1.165, 1.54) is 0 Å². The average Bonchev–Trinajstić information content (AvgIpc) is 3.07. The minimum absolute atomic E-state index is 0.0739. The van der Waals surface area contributed by atoms with E-state index < -0.39 is 0 Å². The van der Waals surface area contributed by atoms with Gasteiger partial charge in [-0.2, -0.15) is 4.98 Å². The lowest BCUT2D eigenvalue weighted by molar-refractivity contribution is -0.121. The summed E-state index contributed by atoms with van der Waals surface area (Å²) < 4.78 is 10.6. The first-order valence-corrected chi connectivity index (χ1v) is 7.02. The summed E-state index contributed by atoms with van der Waals surface area (Å²) in [6, 6.07) is 3.57. The number of pyridine rings is 1. The average molecular weight is 300 g/mol. The second-order valence-corrected chi connectivity index (χ2v) is 5.01. The van der Waals surface area contributed by atoms with E-state index in [0.29, 0.717) is 30.0 Å². The van der Waals surface area contributed by atoms with Crippen LogP contribution in [0.1, 0.15) is 29.3 Å². The molecule has 1 amide bonds. The van der Waals surface area contributed by atoms with Crippen LogP contribution in [0.2, 0.25) is 0 Å². The summed E-state index contributed by atoms with van der Waals surface area (Å²) in [6.45, 7) is 3.96. The number of rotatable bonds is 5. The maximum Gasteiger partial charge on any atom is 0.220 e. The zero-order valence-electron chi connectivity index (χ0n) is 12.4. The summed E-state index contributed by atoms with van der Waals surface area (Å²) in [5.41, 5.74) is 2.97. The smallest absolute Gasteiger partial charge is 0.220 e. The molecular weight excluding hydrogens is 284 g/mol. The maximum absolute atomic E-state index is 11.9. The number of aryl methyl sites for hydroxylation is 2. The fraction of sp³-hybridized carbons (Fsp3) is 0.333. The van der Waals surface area contributed by atoms with Gasteiger partial charge in [-0.25, -0.2) is 4.98 Å². The van der Waals surface area contributed by atoms with Crippen molar-refractivity contribution in [2.24, 2.45) is 0 Å². The van der Waals surface area contributed by atoms with Crippen LogP contribution >= 0.6 is 0 Å². The van der Waals surface area contributed by atoms with Crippen LogP contribution in [0.25, 0.3) is 11.2 Å². The van der Waals surface area contributed by atoms with Crippen molar-refractivity contribution in [2.75, 3.05) is 0 Å². The van der Waals surface area contributed by atoms with Gasteiger partial charge in [0, 0.05) is 18.2 Å². The Hall–Kier alpha value is -2.70. The predicted molar refractivity (Wildman–Crippen MR) is 77.9 cm³/mol. The van der Waals surface area contributed by atoms with Gasteiger partial charge in [0.15, 0.2) is 11.2 Å². The number of carbonyl (C=O) groups excluding carboxylic acids is 1. The van der Waals surface area contributed by atoms with Gasteiger partial charge in [-0.3, -0.25) is 4.79 Å². The zero-order chi connectivity index (χ0) is 15.5. The molecule has 0 atom stereocenters. The Kier molecular flexibility index (Phi) is 3.86. The number of nitrogens with one attached hydrogen (secondary N) is 1. The van der Waals surface area contributed by atoms with Gasteiger partial charge in [0.2, 0.25) is 11.8 Å². The van der Waals surface area contributed by atoms with Crippen LogP contribution in [0.15, 0.2) is 27.3 Å². The van der Waals surface area contributed by atoms with Crippen molar-refractivity contribution in [1.29, 1.82) is 0 Å². The second-order valence-electron chi connectivity index (χ2n) is 5.01. The zero-order valence-corrected chi connectivity index (χ0v) is 12.4.